The Morgan fingerprint density at radius 3 is 2.56 bits per heavy atom. The molecule has 0 saturated carbocycles. The van der Waals surface area contributed by atoms with Crippen LogP contribution in [0.5, 0.6) is 11.5 Å². The third-order valence-corrected chi connectivity index (χ3v) is 2.24. The summed E-state index contributed by atoms with van der Waals surface area (Å²) in [4.78, 5) is 0. The molecule has 2 N–H and O–H groups in total. The van der Waals surface area contributed by atoms with Gasteiger partial charge in [0, 0.05) is 24.3 Å². The smallest absolute Gasteiger partial charge is 0.128 e. The summed E-state index contributed by atoms with van der Waals surface area (Å²) in [6.45, 7) is 1.95. The minimum absolute atomic E-state index is 0.00648. The number of rotatable bonds is 4. The highest BCUT2D eigenvalue weighted by Gasteiger charge is 2.12. The SMILES string of the molecule is COCc1cc(C(C)=NO)c(O)cc1OC. The Labute approximate surface area is 93.9 Å². The van der Waals surface area contributed by atoms with Gasteiger partial charge < -0.3 is 19.8 Å². The molecule has 0 bridgehead atoms. The maximum atomic E-state index is 9.70. The molecule has 5 nitrogen and oxygen atoms in total. The van der Waals surface area contributed by atoms with Gasteiger partial charge in [0.2, 0.25) is 0 Å². The Kier molecular flexibility index (Phi) is 4.13. The van der Waals surface area contributed by atoms with Crippen LogP contribution >= 0.6 is 0 Å². The van der Waals surface area contributed by atoms with E-state index in [4.69, 9.17) is 14.7 Å². The topological polar surface area (TPSA) is 71.3 Å². The largest absolute Gasteiger partial charge is 0.507 e. The Hall–Kier alpha value is -1.75. The van der Waals surface area contributed by atoms with Gasteiger partial charge in [0.05, 0.1) is 19.4 Å². The van der Waals surface area contributed by atoms with Gasteiger partial charge >= 0.3 is 0 Å². The fraction of sp³-hybridized carbons (Fsp3) is 0.364. The predicted octanol–water partition coefficient (Wildman–Crippen LogP) is 1.75. The van der Waals surface area contributed by atoms with Crippen molar-refractivity contribution < 1.29 is 19.8 Å². The number of benzene rings is 1. The third-order valence-electron chi connectivity index (χ3n) is 2.24. The lowest BCUT2D eigenvalue weighted by Gasteiger charge is -2.11. The first-order valence-electron chi connectivity index (χ1n) is 4.71. The van der Waals surface area contributed by atoms with Gasteiger partial charge in [-0.25, -0.2) is 0 Å². The molecule has 0 atom stereocenters. The molecule has 0 unspecified atom stereocenters. The number of hydrogen-bond donors (Lipinski definition) is 2. The van der Waals surface area contributed by atoms with E-state index in [-0.39, 0.29) is 5.75 Å². The monoisotopic (exact) mass is 225 g/mol. The number of phenols is 1. The van der Waals surface area contributed by atoms with E-state index in [0.29, 0.717) is 23.6 Å². The number of phenolic OH excluding ortho intramolecular Hbond substituents is 1. The molecule has 16 heavy (non-hydrogen) atoms. The highest BCUT2D eigenvalue weighted by atomic mass is 16.5. The average molecular weight is 225 g/mol. The first-order chi connectivity index (χ1) is 7.63. The number of methoxy groups -OCH3 is 2. The van der Waals surface area contributed by atoms with Gasteiger partial charge in [-0.05, 0) is 13.0 Å². The van der Waals surface area contributed by atoms with Crippen LogP contribution in [0.4, 0.5) is 0 Å². The van der Waals surface area contributed by atoms with Gasteiger partial charge in [-0.2, -0.15) is 0 Å². The number of hydrogen-bond acceptors (Lipinski definition) is 5. The van der Waals surface area contributed by atoms with E-state index in [2.05, 4.69) is 5.16 Å². The fourth-order valence-corrected chi connectivity index (χ4v) is 1.42. The van der Waals surface area contributed by atoms with E-state index in [1.54, 1.807) is 20.1 Å². The highest BCUT2D eigenvalue weighted by Crippen LogP contribution is 2.29. The molecule has 0 spiro atoms. The molecule has 1 aromatic carbocycles. The zero-order valence-electron chi connectivity index (χ0n) is 9.52. The van der Waals surface area contributed by atoms with Crippen molar-refractivity contribution in [2.24, 2.45) is 5.16 Å². The van der Waals surface area contributed by atoms with Gasteiger partial charge in [0.1, 0.15) is 11.5 Å². The van der Waals surface area contributed by atoms with Crippen LogP contribution in [-0.4, -0.2) is 30.2 Å². The lowest BCUT2D eigenvalue weighted by atomic mass is 10.1. The summed E-state index contributed by atoms with van der Waals surface area (Å²) in [7, 11) is 3.08. The lowest BCUT2D eigenvalue weighted by Crippen LogP contribution is -2.00. The summed E-state index contributed by atoms with van der Waals surface area (Å²) in [6.07, 6.45) is 0. The molecule has 88 valence electrons. The van der Waals surface area contributed by atoms with Crippen molar-refractivity contribution in [2.45, 2.75) is 13.5 Å². The zero-order valence-corrected chi connectivity index (χ0v) is 9.52. The van der Waals surface area contributed by atoms with Crippen molar-refractivity contribution in [3.05, 3.63) is 23.3 Å². The maximum Gasteiger partial charge on any atom is 0.128 e. The molecule has 0 fully saturated rings. The molecular formula is C11H15NO4. The van der Waals surface area contributed by atoms with Crippen LogP contribution in [0.1, 0.15) is 18.1 Å². The van der Waals surface area contributed by atoms with E-state index in [1.165, 1.54) is 13.2 Å². The van der Waals surface area contributed by atoms with Gasteiger partial charge in [-0.1, -0.05) is 5.16 Å². The van der Waals surface area contributed by atoms with Crippen LogP contribution < -0.4 is 4.74 Å². The molecule has 5 heteroatoms. The standard InChI is InChI=1S/C11H15NO4/c1-7(12-14)9-4-8(6-15-2)11(16-3)5-10(9)13/h4-5,13-14H,6H2,1-3H3. The van der Waals surface area contributed by atoms with E-state index in [1.807, 2.05) is 0 Å². The van der Waals surface area contributed by atoms with Crippen LogP contribution in [0.15, 0.2) is 17.3 Å². The van der Waals surface area contributed by atoms with Crippen molar-refractivity contribution in [2.75, 3.05) is 14.2 Å². The highest BCUT2D eigenvalue weighted by molar-refractivity contribution is 6.01. The van der Waals surface area contributed by atoms with E-state index >= 15 is 0 Å². The van der Waals surface area contributed by atoms with Crippen LogP contribution in [0.25, 0.3) is 0 Å². The van der Waals surface area contributed by atoms with Gasteiger partial charge in [-0.3, -0.25) is 0 Å². The summed E-state index contributed by atoms with van der Waals surface area (Å²) < 4.78 is 10.1. The van der Waals surface area contributed by atoms with Crippen molar-refractivity contribution >= 4 is 5.71 Å². The minimum atomic E-state index is 0.00648. The number of ether oxygens (including phenoxy) is 2. The van der Waals surface area contributed by atoms with Crippen molar-refractivity contribution in [1.82, 2.24) is 0 Å². The zero-order chi connectivity index (χ0) is 12.1. The number of oxime groups is 1. The van der Waals surface area contributed by atoms with Crippen LogP contribution in [0, 0.1) is 0 Å². The minimum Gasteiger partial charge on any atom is -0.507 e. The maximum absolute atomic E-state index is 9.70. The average Bonchev–Trinajstić information content (AvgIpc) is 2.30. The first-order valence-corrected chi connectivity index (χ1v) is 4.71. The quantitative estimate of drug-likeness (QED) is 0.465. The third kappa shape index (κ3) is 2.43. The number of nitrogens with zero attached hydrogens (tertiary/aromatic N) is 1. The van der Waals surface area contributed by atoms with Crippen molar-refractivity contribution in [3.8, 4) is 11.5 Å². The molecule has 1 aromatic rings. The van der Waals surface area contributed by atoms with Gasteiger partial charge in [0.15, 0.2) is 0 Å². The van der Waals surface area contributed by atoms with Crippen LogP contribution in [0.3, 0.4) is 0 Å². The van der Waals surface area contributed by atoms with Crippen molar-refractivity contribution in [1.29, 1.82) is 0 Å². The number of aromatic hydroxyl groups is 1. The second kappa shape index (κ2) is 5.37. The first kappa shape index (κ1) is 12.3. The fourth-order valence-electron chi connectivity index (χ4n) is 1.42. The molecule has 0 aliphatic carbocycles. The summed E-state index contributed by atoms with van der Waals surface area (Å²) in [5.74, 6) is 0.542. The van der Waals surface area contributed by atoms with E-state index in [9.17, 15) is 5.11 Å². The Balaban J connectivity index is 3.27. The predicted molar refractivity (Wildman–Crippen MR) is 59.4 cm³/mol. The van der Waals surface area contributed by atoms with E-state index in [0.717, 1.165) is 5.56 Å². The second-order valence-electron chi connectivity index (χ2n) is 3.30. The molecule has 1 rings (SSSR count). The summed E-state index contributed by atoms with van der Waals surface area (Å²) in [5, 5.41) is 21.4. The Morgan fingerprint density at radius 2 is 2.06 bits per heavy atom. The Bertz CT molecular complexity index is 401. The molecule has 0 radical (unpaired) electrons. The van der Waals surface area contributed by atoms with Gasteiger partial charge in [-0.15, -0.1) is 0 Å². The normalized spacial score (nSPS) is 11.6. The summed E-state index contributed by atoms with van der Waals surface area (Å²) in [5.41, 5.74) is 1.56. The molecule has 0 aliphatic rings. The summed E-state index contributed by atoms with van der Waals surface area (Å²) in [6, 6.07) is 3.14. The Morgan fingerprint density at radius 1 is 1.38 bits per heavy atom. The second-order valence-corrected chi connectivity index (χ2v) is 3.30. The van der Waals surface area contributed by atoms with Crippen molar-refractivity contribution in [3.63, 3.8) is 0 Å². The van der Waals surface area contributed by atoms with Crippen LogP contribution in [0.2, 0.25) is 0 Å². The molecule has 0 aromatic heterocycles. The molecule has 0 heterocycles. The molecule has 0 saturated heterocycles. The molecule has 0 aliphatic heterocycles. The molecule has 0 amide bonds. The van der Waals surface area contributed by atoms with Gasteiger partial charge in [0.25, 0.3) is 0 Å². The van der Waals surface area contributed by atoms with Crippen LogP contribution in [-0.2, 0) is 11.3 Å². The lowest BCUT2D eigenvalue weighted by molar-refractivity contribution is 0.181. The molecular weight excluding hydrogens is 210 g/mol. The summed E-state index contributed by atoms with van der Waals surface area (Å²) >= 11 is 0. The van der Waals surface area contributed by atoms with E-state index < -0.39 is 0 Å².